The molecule has 0 aromatic carbocycles. The van der Waals surface area contributed by atoms with Gasteiger partial charge in [-0.15, -0.1) is 11.3 Å². The van der Waals surface area contributed by atoms with Gasteiger partial charge in [0.1, 0.15) is 5.41 Å². The Kier molecular flexibility index (Phi) is 2.84. The van der Waals surface area contributed by atoms with E-state index in [-0.39, 0.29) is 31.0 Å². The van der Waals surface area contributed by atoms with Gasteiger partial charge in [0, 0.05) is 5.38 Å². The van der Waals surface area contributed by atoms with Gasteiger partial charge in [-0.25, -0.2) is 4.98 Å². The molecular formula is C11H10F3N3OS. The Morgan fingerprint density at radius 3 is 2.68 bits per heavy atom. The standard InChI is InChI=1S/C11H10F3N3OS/c12-11(13,14)10(2-1-3-10)9-16-8(18-17-9)4-7-5-19-6-15-7/h5-6H,1-4H2. The minimum absolute atomic E-state index is 0.0339. The van der Waals surface area contributed by atoms with Crippen LogP contribution >= 0.6 is 11.3 Å². The molecule has 2 aromatic rings. The summed E-state index contributed by atoms with van der Waals surface area (Å²) in [4.78, 5) is 7.95. The molecule has 102 valence electrons. The van der Waals surface area contributed by atoms with Crippen LogP contribution in [0, 0.1) is 0 Å². The first-order valence-corrected chi connectivity index (χ1v) is 6.72. The fourth-order valence-electron chi connectivity index (χ4n) is 2.17. The Balaban J connectivity index is 1.85. The molecule has 1 aliphatic carbocycles. The molecule has 8 heteroatoms. The lowest BCUT2D eigenvalue weighted by Crippen LogP contribution is -2.48. The Hall–Kier alpha value is -1.44. The molecule has 3 rings (SSSR count). The summed E-state index contributed by atoms with van der Waals surface area (Å²) in [5.41, 5.74) is 0.460. The highest BCUT2D eigenvalue weighted by Crippen LogP contribution is 2.53. The van der Waals surface area contributed by atoms with Gasteiger partial charge in [-0.3, -0.25) is 0 Å². The van der Waals surface area contributed by atoms with E-state index < -0.39 is 11.6 Å². The van der Waals surface area contributed by atoms with Gasteiger partial charge in [0.15, 0.2) is 5.82 Å². The molecule has 0 radical (unpaired) electrons. The van der Waals surface area contributed by atoms with Crippen molar-refractivity contribution in [2.45, 2.75) is 37.3 Å². The number of alkyl halides is 3. The van der Waals surface area contributed by atoms with Crippen LogP contribution in [-0.4, -0.2) is 21.3 Å². The average Bonchev–Trinajstić information content (AvgIpc) is 2.87. The van der Waals surface area contributed by atoms with E-state index in [4.69, 9.17) is 4.52 Å². The normalized spacial score (nSPS) is 18.3. The van der Waals surface area contributed by atoms with Crippen LogP contribution in [0.5, 0.6) is 0 Å². The largest absolute Gasteiger partial charge is 0.401 e. The van der Waals surface area contributed by atoms with Gasteiger partial charge < -0.3 is 4.52 Å². The van der Waals surface area contributed by atoms with E-state index in [2.05, 4.69) is 15.1 Å². The Labute approximate surface area is 110 Å². The molecule has 0 aliphatic heterocycles. The average molecular weight is 289 g/mol. The highest BCUT2D eigenvalue weighted by Gasteiger charge is 2.62. The molecule has 19 heavy (non-hydrogen) atoms. The Bertz CT molecular complexity index is 560. The molecule has 4 nitrogen and oxygen atoms in total. The van der Waals surface area contributed by atoms with Crippen LogP contribution in [-0.2, 0) is 11.8 Å². The number of nitrogens with zero attached hydrogens (tertiary/aromatic N) is 3. The van der Waals surface area contributed by atoms with E-state index in [9.17, 15) is 13.2 Å². The zero-order chi connectivity index (χ0) is 13.5. The van der Waals surface area contributed by atoms with Gasteiger partial charge in [0.2, 0.25) is 5.89 Å². The molecule has 0 saturated heterocycles. The summed E-state index contributed by atoms with van der Waals surface area (Å²) in [6, 6.07) is 0. The van der Waals surface area contributed by atoms with Crippen molar-refractivity contribution < 1.29 is 17.7 Å². The van der Waals surface area contributed by atoms with Crippen LogP contribution in [0.25, 0.3) is 0 Å². The zero-order valence-electron chi connectivity index (χ0n) is 9.78. The highest BCUT2D eigenvalue weighted by molar-refractivity contribution is 7.07. The molecule has 0 N–H and O–H groups in total. The van der Waals surface area contributed by atoms with E-state index in [0.717, 1.165) is 5.69 Å². The lowest BCUT2D eigenvalue weighted by Gasteiger charge is -2.40. The molecule has 1 aliphatic rings. The van der Waals surface area contributed by atoms with Crippen LogP contribution < -0.4 is 0 Å². The summed E-state index contributed by atoms with van der Waals surface area (Å²) in [7, 11) is 0. The monoisotopic (exact) mass is 289 g/mol. The lowest BCUT2D eigenvalue weighted by molar-refractivity contribution is -0.215. The second kappa shape index (κ2) is 4.29. The van der Waals surface area contributed by atoms with Crippen molar-refractivity contribution in [3.63, 3.8) is 0 Å². The summed E-state index contributed by atoms with van der Waals surface area (Å²) in [6.07, 6.45) is -3.45. The number of halogens is 3. The number of hydrogen-bond acceptors (Lipinski definition) is 5. The summed E-state index contributed by atoms with van der Waals surface area (Å²) < 4.78 is 44.2. The van der Waals surface area contributed by atoms with Crippen LogP contribution in [0.3, 0.4) is 0 Å². The maximum atomic E-state index is 13.1. The first-order valence-electron chi connectivity index (χ1n) is 5.78. The summed E-state index contributed by atoms with van der Waals surface area (Å²) in [5, 5.41) is 5.33. The van der Waals surface area contributed by atoms with Gasteiger partial charge in [-0.1, -0.05) is 11.6 Å². The quantitative estimate of drug-likeness (QED) is 0.871. The third kappa shape index (κ3) is 2.03. The van der Waals surface area contributed by atoms with Crippen molar-refractivity contribution in [2.75, 3.05) is 0 Å². The van der Waals surface area contributed by atoms with Crippen LogP contribution in [0.4, 0.5) is 13.2 Å². The van der Waals surface area contributed by atoms with Crippen LogP contribution in [0.1, 0.15) is 36.7 Å². The molecule has 2 aromatic heterocycles. The van der Waals surface area contributed by atoms with E-state index in [1.165, 1.54) is 11.3 Å². The van der Waals surface area contributed by atoms with Crippen molar-refractivity contribution in [3.8, 4) is 0 Å². The van der Waals surface area contributed by atoms with Crippen LogP contribution in [0.15, 0.2) is 15.4 Å². The van der Waals surface area contributed by atoms with Crippen molar-refractivity contribution >= 4 is 11.3 Å². The van der Waals surface area contributed by atoms with Crippen LogP contribution in [0.2, 0.25) is 0 Å². The van der Waals surface area contributed by atoms with Gasteiger partial charge >= 0.3 is 6.18 Å². The minimum Gasteiger partial charge on any atom is -0.339 e. The number of aromatic nitrogens is 3. The van der Waals surface area contributed by atoms with Gasteiger partial charge in [0.05, 0.1) is 17.6 Å². The summed E-state index contributed by atoms with van der Waals surface area (Å²) in [6.45, 7) is 0. The van der Waals surface area contributed by atoms with Crippen molar-refractivity contribution in [1.29, 1.82) is 0 Å². The topological polar surface area (TPSA) is 51.8 Å². The van der Waals surface area contributed by atoms with E-state index in [0.29, 0.717) is 6.42 Å². The Morgan fingerprint density at radius 2 is 2.16 bits per heavy atom. The lowest BCUT2D eigenvalue weighted by atomic mass is 9.67. The maximum absolute atomic E-state index is 13.1. The number of hydrogen-bond donors (Lipinski definition) is 0. The first kappa shape index (κ1) is 12.6. The van der Waals surface area contributed by atoms with Gasteiger partial charge in [-0.2, -0.15) is 18.2 Å². The minimum atomic E-state index is -4.33. The summed E-state index contributed by atoms with van der Waals surface area (Å²) >= 11 is 1.41. The van der Waals surface area contributed by atoms with Gasteiger partial charge in [0.25, 0.3) is 0 Å². The molecule has 0 bridgehead atoms. The predicted octanol–water partition coefficient (Wildman–Crippen LogP) is 3.10. The third-order valence-electron chi connectivity index (χ3n) is 3.46. The molecule has 0 spiro atoms. The molecule has 0 unspecified atom stereocenters. The molecule has 1 fully saturated rings. The van der Waals surface area contributed by atoms with E-state index in [1.807, 2.05) is 0 Å². The molecular weight excluding hydrogens is 279 g/mol. The fourth-order valence-corrected chi connectivity index (χ4v) is 2.72. The fraction of sp³-hybridized carbons (Fsp3) is 0.545. The smallest absolute Gasteiger partial charge is 0.339 e. The Morgan fingerprint density at radius 1 is 1.37 bits per heavy atom. The maximum Gasteiger partial charge on any atom is 0.401 e. The zero-order valence-corrected chi connectivity index (χ0v) is 10.6. The van der Waals surface area contributed by atoms with Crippen molar-refractivity contribution in [1.82, 2.24) is 15.1 Å². The third-order valence-corrected chi connectivity index (χ3v) is 4.10. The molecule has 0 amide bonds. The van der Waals surface area contributed by atoms with Crippen molar-refractivity contribution in [2.24, 2.45) is 0 Å². The van der Waals surface area contributed by atoms with E-state index in [1.54, 1.807) is 10.9 Å². The predicted molar refractivity (Wildman–Crippen MR) is 60.8 cm³/mol. The van der Waals surface area contributed by atoms with Gasteiger partial charge in [-0.05, 0) is 12.8 Å². The van der Waals surface area contributed by atoms with E-state index >= 15 is 0 Å². The molecule has 1 saturated carbocycles. The van der Waals surface area contributed by atoms with Crippen molar-refractivity contribution in [3.05, 3.63) is 28.3 Å². The highest BCUT2D eigenvalue weighted by atomic mass is 32.1. The summed E-state index contributed by atoms with van der Waals surface area (Å²) in [5.74, 6) is -0.0621. The second-order valence-electron chi connectivity index (χ2n) is 4.60. The number of rotatable bonds is 3. The molecule has 0 atom stereocenters. The SMILES string of the molecule is FC(F)(F)C1(c2noc(Cc3cscn3)n2)CCC1. The first-order chi connectivity index (χ1) is 9.01. The second-order valence-corrected chi connectivity index (χ2v) is 5.32. The number of thiazole rings is 1. The molecule has 2 heterocycles.